The van der Waals surface area contributed by atoms with Crippen LogP contribution >= 0.6 is 0 Å². The van der Waals surface area contributed by atoms with Crippen LogP contribution in [0.15, 0.2) is 24.4 Å². The van der Waals surface area contributed by atoms with Crippen molar-refractivity contribution in [3.05, 3.63) is 24.4 Å². The molecular weight excluding hydrogens is 294 g/mol. The molecule has 2 rings (SSSR count). The fourth-order valence-electron chi connectivity index (χ4n) is 2.03. The molecule has 2 heterocycles. The number of likely N-dealkylation sites (N-methyl/N-ethyl adjacent to an activating group) is 2. The maximum absolute atomic E-state index is 5.33. The fraction of sp³-hybridized carbons (Fsp3) is 0.438. The molecule has 0 bridgehead atoms. The predicted octanol–water partition coefficient (Wildman–Crippen LogP) is 1.55. The number of ether oxygens (including phenoxy) is 2. The number of hydrogen-bond donors (Lipinski definition) is 0. The topological polar surface area (TPSA) is 63.6 Å². The van der Waals surface area contributed by atoms with Gasteiger partial charge in [-0.25, -0.2) is 9.97 Å². The first-order valence-corrected chi connectivity index (χ1v) is 7.33. The highest BCUT2D eigenvalue weighted by molar-refractivity contribution is 5.65. The van der Waals surface area contributed by atoms with Crippen molar-refractivity contribution in [2.24, 2.45) is 0 Å². The summed E-state index contributed by atoms with van der Waals surface area (Å²) in [6.07, 6.45) is 1.66. The van der Waals surface area contributed by atoms with E-state index in [2.05, 4.69) is 33.9 Å². The largest absolute Gasteiger partial charge is 0.480 e. The highest BCUT2D eigenvalue weighted by Crippen LogP contribution is 2.28. The lowest BCUT2D eigenvalue weighted by molar-refractivity contribution is 0.353. The monoisotopic (exact) mass is 317 g/mol. The Morgan fingerprint density at radius 1 is 1.00 bits per heavy atom. The molecule has 0 atom stereocenters. The second kappa shape index (κ2) is 7.73. The fourth-order valence-corrected chi connectivity index (χ4v) is 2.03. The van der Waals surface area contributed by atoms with Gasteiger partial charge in [0.25, 0.3) is 0 Å². The van der Waals surface area contributed by atoms with Gasteiger partial charge >= 0.3 is 6.01 Å². The average molecular weight is 317 g/mol. The van der Waals surface area contributed by atoms with Gasteiger partial charge in [-0.15, -0.1) is 0 Å². The third-order valence-corrected chi connectivity index (χ3v) is 3.39. The smallest absolute Gasteiger partial charge is 0.319 e. The standard InChI is InChI=1S/C16H23N5O2/c1-20(2)9-10-21(3)14-8-6-7-13(18-14)12-11-17-16(23-5)19-15(12)22-4/h6-8,11H,9-10H2,1-5H3. The highest BCUT2D eigenvalue weighted by atomic mass is 16.5. The Morgan fingerprint density at radius 3 is 2.43 bits per heavy atom. The predicted molar refractivity (Wildman–Crippen MR) is 90.2 cm³/mol. The van der Waals surface area contributed by atoms with Gasteiger partial charge in [0.2, 0.25) is 5.88 Å². The van der Waals surface area contributed by atoms with Gasteiger partial charge in [0.05, 0.1) is 25.5 Å². The lowest BCUT2D eigenvalue weighted by Crippen LogP contribution is -2.29. The van der Waals surface area contributed by atoms with E-state index in [1.54, 1.807) is 13.3 Å². The van der Waals surface area contributed by atoms with Gasteiger partial charge in [0.1, 0.15) is 5.82 Å². The zero-order chi connectivity index (χ0) is 16.8. The van der Waals surface area contributed by atoms with E-state index in [-0.39, 0.29) is 6.01 Å². The van der Waals surface area contributed by atoms with Gasteiger partial charge in [-0.1, -0.05) is 6.07 Å². The van der Waals surface area contributed by atoms with Gasteiger partial charge in [-0.2, -0.15) is 4.98 Å². The van der Waals surface area contributed by atoms with Crippen LogP contribution in [0.3, 0.4) is 0 Å². The SMILES string of the molecule is COc1ncc(-c2cccc(N(C)CCN(C)C)n2)c(OC)n1. The minimum Gasteiger partial charge on any atom is -0.480 e. The number of pyridine rings is 1. The molecule has 7 heteroatoms. The third kappa shape index (κ3) is 4.29. The van der Waals surface area contributed by atoms with Crippen molar-refractivity contribution in [2.75, 3.05) is 53.4 Å². The van der Waals surface area contributed by atoms with E-state index in [9.17, 15) is 0 Å². The van der Waals surface area contributed by atoms with Crippen LogP contribution < -0.4 is 14.4 Å². The first-order valence-electron chi connectivity index (χ1n) is 7.33. The van der Waals surface area contributed by atoms with Crippen molar-refractivity contribution < 1.29 is 9.47 Å². The summed E-state index contributed by atoms with van der Waals surface area (Å²) in [5, 5.41) is 0. The molecule has 0 radical (unpaired) electrons. The molecule has 2 aromatic rings. The maximum atomic E-state index is 5.33. The first-order chi connectivity index (χ1) is 11.0. The van der Waals surface area contributed by atoms with E-state index >= 15 is 0 Å². The van der Waals surface area contributed by atoms with Gasteiger partial charge in [-0.05, 0) is 26.2 Å². The summed E-state index contributed by atoms with van der Waals surface area (Å²) in [7, 11) is 9.22. The molecule has 7 nitrogen and oxygen atoms in total. The molecule has 0 saturated carbocycles. The summed E-state index contributed by atoms with van der Waals surface area (Å²) in [5.41, 5.74) is 1.50. The maximum Gasteiger partial charge on any atom is 0.319 e. The van der Waals surface area contributed by atoms with Crippen molar-refractivity contribution in [3.8, 4) is 23.1 Å². The Morgan fingerprint density at radius 2 is 1.78 bits per heavy atom. The molecule has 0 spiro atoms. The van der Waals surface area contributed by atoms with Crippen molar-refractivity contribution in [1.29, 1.82) is 0 Å². The number of methoxy groups -OCH3 is 2. The molecule has 0 aliphatic carbocycles. The molecule has 0 fully saturated rings. The van der Waals surface area contributed by atoms with Crippen LogP contribution in [0.2, 0.25) is 0 Å². The molecule has 0 amide bonds. The molecule has 124 valence electrons. The molecular formula is C16H23N5O2. The second-order valence-electron chi connectivity index (χ2n) is 5.39. The van der Waals surface area contributed by atoms with E-state index in [0.29, 0.717) is 5.88 Å². The zero-order valence-electron chi connectivity index (χ0n) is 14.3. The van der Waals surface area contributed by atoms with Crippen LogP contribution in [0.4, 0.5) is 5.82 Å². The Labute approximate surface area is 136 Å². The summed E-state index contributed by atoms with van der Waals surface area (Å²) in [6, 6.07) is 6.13. The van der Waals surface area contributed by atoms with E-state index in [1.807, 2.05) is 25.2 Å². The summed E-state index contributed by atoms with van der Waals surface area (Å²) < 4.78 is 10.4. The van der Waals surface area contributed by atoms with Crippen LogP contribution in [0.25, 0.3) is 11.3 Å². The van der Waals surface area contributed by atoms with E-state index in [4.69, 9.17) is 14.5 Å². The molecule has 2 aromatic heterocycles. The number of nitrogens with zero attached hydrogens (tertiary/aromatic N) is 5. The van der Waals surface area contributed by atoms with Crippen LogP contribution in [-0.4, -0.2) is 68.3 Å². The Hall–Kier alpha value is -2.41. The summed E-state index contributed by atoms with van der Waals surface area (Å²) in [4.78, 5) is 17.3. The molecule has 0 N–H and O–H groups in total. The van der Waals surface area contributed by atoms with E-state index in [1.165, 1.54) is 7.11 Å². The van der Waals surface area contributed by atoms with Crippen LogP contribution in [0, 0.1) is 0 Å². The first kappa shape index (κ1) is 17.0. The number of hydrogen-bond acceptors (Lipinski definition) is 7. The van der Waals surface area contributed by atoms with Gasteiger partial charge < -0.3 is 19.3 Å². The van der Waals surface area contributed by atoms with Gasteiger partial charge in [-0.3, -0.25) is 0 Å². The lowest BCUT2D eigenvalue weighted by Gasteiger charge is -2.21. The number of rotatable bonds is 7. The van der Waals surface area contributed by atoms with E-state index < -0.39 is 0 Å². The molecule has 0 unspecified atom stereocenters. The summed E-state index contributed by atoms with van der Waals surface area (Å²) in [5.74, 6) is 1.33. The van der Waals surface area contributed by atoms with E-state index in [0.717, 1.165) is 30.2 Å². The lowest BCUT2D eigenvalue weighted by atomic mass is 10.2. The Balaban J connectivity index is 2.29. The van der Waals surface area contributed by atoms with Crippen molar-refractivity contribution in [3.63, 3.8) is 0 Å². The van der Waals surface area contributed by atoms with Crippen molar-refractivity contribution in [2.45, 2.75) is 0 Å². The Kier molecular flexibility index (Phi) is 5.70. The summed E-state index contributed by atoms with van der Waals surface area (Å²) in [6.45, 7) is 1.84. The molecule has 0 aliphatic rings. The van der Waals surface area contributed by atoms with Gasteiger partial charge in [0.15, 0.2) is 0 Å². The number of anilines is 1. The summed E-state index contributed by atoms with van der Waals surface area (Å²) >= 11 is 0. The quantitative estimate of drug-likeness (QED) is 0.767. The molecule has 23 heavy (non-hydrogen) atoms. The van der Waals surface area contributed by atoms with Crippen LogP contribution in [0.5, 0.6) is 11.9 Å². The minimum absolute atomic E-state index is 0.268. The van der Waals surface area contributed by atoms with Gasteiger partial charge in [0, 0.05) is 26.3 Å². The normalized spacial score (nSPS) is 10.7. The average Bonchev–Trinajstić information content (AvgIpc) is 2.59. The van der Waals surface area contributed by atoms with Crippen molar-refractivity contribution >= 4 is 5.82 Å². The molecule has 0 aromatic carbocycles. The minimum atomic E-state index is 0.268. The molecule has 0 aliphatic heterocycles. The van der Waals surface area contributed by atoms with Crippen molar-refractivity contribution in [1.82, 2.24) is 19.9 Å². The molecule has 0 saturated heterocycles. The van der Waals surface area contributed by atoms with Crippen LogP contribution in [-0.2, 0) is 0 Å². The number of aromatic nitrogens is 3. The van der Waals surface area contributed by atoms with Crippen LogP contribution in [0.1, 0.15) is 0 Å². The zero-order valence-corrected chi connectivity index (χ0v) is 14.3. The highest BCUT2D eigenvalue weighted by Gasteiger charge is 2.13. The Bertz CT molecular complexity index is 648. The second-order valence-corrected chi connectivity index (χ2v) is 5.39. The third-order valence-electron chi connectivity index (χ3n) is 3.39.